The van der Waals surface area contributed by atoms with Gasteiger partial charge in [0.25, 0.3) is 0 Å². The standard InChI is InChI=1S/C11H10O7/c1-18-7-3-2-5(8(12)9(7)13)4-6(10(14)15)11(16)17/h2-4,12-13H,1H3,(H,14,15)(H,16,17). The molecule has 0 heterocycles. The monoisotopic (exact) mass is 254 g/mol. The van der Waals surface area contributed by atoms with Gasteiger partial charge in [0.05, 0.1) is 7.11 Å². The van der Waals surface area contributed by atoms with Crippen LogP contribution in [0.3, 0.4) is 0 Å². The molecule has 1 rings (SSSR count). The summed E-state index contributed by atoms with van der Waals surface area (Å²) in [7, 11) is 1.27. The van der Waals surface area contributed by atoms with Gasteiger partial charge in [0, 0.05) is 5.56 Å². The summed E-state index contributed by atoms with van der Waals surface area (Å²) >= 11 is 0. The van der Waals surface area contributed by atoms with Crippen LogP contribution in [0.25, 0.3) is 6.08 Å². The van der Waals surface area contributed by atoms with Gasteiger partial charge in [-0.25, -0.2) is 9.59 Å². The lowest BCUT2D eigenvalue weighted by atomic mass is 10.1. The summed E-state index contributed by atoms with van der Waals surface area (Å²) in [5.74, 6) is -4.58. The molecule has 4 N–H and O–H groups in total. The van der Waals surface area contributed by atoms with Gasteiger partial charge in [0.2, 0.25) is 5.75 Å². The second-order valence-electron chi connectivity index (χ2n) is 3.22. The van der Waals surface area contributed by atoms with Crippen molar-refractivity contribution < 1.29 is 34.8 Å². The van der Waals surface area contributed by atoms with E-state index in [4.69, 9.17) is 14.9 Å². The molecule has 7 heteroatoms. The lowest BCUT2D eigenvalue weighted by Crippen LogP contribution is -2.10. The van der Waals surface area contributed by atoms with Gasteiger partial charge < -0.3 is 25.2 Å². The van der Waals surface area contributed by atoms with Crippen molar-refractivity contribution >= 4 is 18.0 Å². The molecule has 7 nitrogen and oxygen atoms in total. The van der Waals surface area contributed by atoms with Crippen LogP contribution in [-0.4, -0.2) is 39.5 Å². The highest BCUT2D eigenvalue weighted by atomic mass is 16.5. The molecule has 0 radical (unpaired) electrons. The van der Waals surface area contributed by atoms with E-state index in [0.717, 1.165) is 6.08 Å². The van der Waals surface area contributed by atoms with Crippen LogP contribution in [0, 0.1) is 0 Å². The zero-order valence-corrected chi connectivity index (χ0v) is 9.25. The minimum atomic E-state index is -1.66. The average molecular weight is 254 g/mol. The molecule has 0 aliphatic rings. The minimum absolute atomic E-state index is 0.0168. The molecule has 18 heavy (non-hydrogen) atoms. The summed E-state index contributed by atoms with van der Waals surface area (Å²) in [4.78, 5) is 21.3. The molecule has 0 aliphatic carbocycles. The van der Waals surface area contributed by atoms with Crippen molar-refractivity contribution in [3.05, 3.63) is 23.3 Å². The maximum absolute atomic E-state index is 10.6. The second-order valence-corrected chi connectivity index (χ2v) is 3.22. The molecule has 0 atom stereocenters. The Balaban J connectivity index is 3.35. The first-order valence-corrected chi connectivity index (χ1v) is 4.65. The fourth-order valence-electron chi connectivity index (χ4n) is 1.23. The quantitative estimate of drug-likeness (QED) is 0.269. The van der Waals surface area contributed by atoms with Gasteiger partial charge in [-0.3, -0.25) is 0 Å². The van der Waals surface area contributed by atoms with Crippen LogP contribution in [0.1, 0.15) is 5.56 Å². The molecule has 0 aliphatic heterocycles. The van der Waals surface area contributed by atoms with E-state index in [-0.39, 0.29) is 11.3 Å². The topological polar surface area (TPSA) is 124 Å². The summed E-state index contributed by atoms with van der Waals surface area (Å²) in [6.45, 7) is 0. The van der Waals surface area contributed by atoms with Gasteiger partial charge in [0.1, 0.15) is 5.57 Å². The smallest absolute Gasteiger partial charge is 0.343 e. The Morgan fingerprint density at radius 1 is 1.11 bits per heavy atom. The van der Waals surface area contributed by atoms with Gasteiger partial charge in [-0.1, -0.05) is 0 Å². The summed E-state index contributed by atoms with van der Waals surface area (Å²) < 4.78 is 4.72. The predicted octanol–water partition coefficient (Wildman–Crippen LogP) is 0.659. The third-order valence-electron chi connectivity index (χ3n) is 2.13. The number of aromatic hydroxyl groups is 2. The Hall–Kier alpha value is -2.70. The number of hydrogen-bond acceptors (Lipinski definition) is 5. The normalized spacial score (nSPS) is 9.61. The molecule has 0 spiro atoms. The van der Waals surface area contributed by atoms with Gasteiger partial charge in [0.15, 0.2) is 11.5 Å². The molecular weight excluding hydrogens is 244 g/mol. The molecule has 0 aromatic heterocycles. The van der Waals surface area contributed by atoms with E-state index in [1.807, 2.05) is 0 Å². The van der Waals surface area contributed by atoms with Crippen LogP contribution in [0.2, 0.25) is 0 Å². The lowest BCUT2D eigenvalue weighted by molar-refractivity contribution is -0.140. The lowest BCUT2D eigenvalue weighted by Gasteiger charge is -2.07. The van der Waals surface area contributed by atoms with Gasteiger partial charge >= 0.3 is 11.9 Å². The fourth-order valence-corrected chi connectivity index (χ4v) is 1.23. The minimum Gasteiger partial charge on any atom is -0.504 e. The van der Waals surface area contributed by atoms with Crippen molar-refractivity contribution in [2.24, 2.45) is 0 Å². The van der Waals surface area contributed by atoms with E-state index in [1.54, 1.807) is 0 Å². The highest BCUT2D eigenvalue weighted by Gasteiger charge is 2.18. The number of rotatable bonds is 4. The number of phenolic OH excluding ortho intramolecular Hbond substituents is 2. The Morgan fingerprint density at radius 2 is 1.67 bits per heavy atom. The molecule has 0 saturated carbocycles. The molecule has 0 bridgehead atoms. The summed E-state index contributed by atoms with van der Waals surface area (Å²) in [6.07, 6.45) is 0.735. The van der Waals surface area contributed by atoms with Crippen LogP contribution >= 0.6 is 0 Å². The molecule has 96 valence electrons. The number of carboxylic acid groups (broad SMARTS) is 2. The number of carboxylic acids is 2. The van der Waals surface area contributed by atoms with E-state index in [0.29, 0.717) is 0 Å². The third-order valence-corrected chi connectivity index (χ3v) is 2.13. The van der Waals surface area contributed by atoms with E-state index >= 15 is 0 Å². The molecule has 0 amide bonds. The molecule has 0 unspecified atom stereocenters. The number of benzene rings is 1. The van der Waals surface area contributed by atoms with Crippen molar-refractivity contribution in [1.29, 1.82) is 0 Å². The number of carbonyl (C=O) groups is 2. The first-order valence-electron chi connectivity index (χ1n) is 4.65. The maximum atomic E-state index is 10.6. The first kappa shape index (κ1) is 13.4. The van der Waals surface area contributed by atoms with Crippen LogP contribution in [0.5, 0.6) is 17.2 Å². The number of phenols is 2. The molecular formula is C11H10O7. The van der Waals surface area contributed by atoms with Crippen LogP contribution < -0.4 is 4.74 Å². The van der Waals surface area contributed by atoms with E-state index in [2.05, 4.69) is 0 Å². The first-order chi connectivity index (χ1) is 8.38. The molecule has 0 saturated heterocycles. The SMILES string of the molecule is COc1ccc(C=C(C(=O)O)C(=O)O)c(O)c1O. The van der Waals surface area contributed by atoms with Crippen LogP contribution in [0.4, 0.5) is 0 Å². The largest absolute Gasteiger partial charge is 0.504 e. The zero-order chi connectivity index (χ0) is 13.9. The highest BCUT2D eigenvalue weighted by Crippen LogP contribution is 2.38. The van der Waals surface area contributed by atoms with Gasteiger partial charge in [-0.2, -0.15) is 0 Å². The van der Waals surface area contributed by atoms with E-state index in [9.17, 15) is 19.8 Å². The Bertz CT molecular complexity index is 514. The van der Waals surface area contributed by atoms with Crippen molar-refractivity contribution in [2.75, 3.05) is 7.11 Å². The average Bonchev–Trinajstić information content (AvgIpc) is 2.30. The van der Waals surface area contributed by atoms with Crippen molar-refractivity contribution in [2.45, 2.75) is 0 Å². The zero-order valence-electron chi connectivity index (χ0n) is 9.25. The van der Waals surface area contributed by atoms with E-state index < -0.39 is 29.0 Å². The number of methoxy groups -OCH3 is 1. The Labute approximate surface area is 101 Å². The predicted molar refractivity (Wildman–Crippen MR) is 59.6 cm³/mol. The van der Waals surface area contributed by atoms with Crippen molar-refractivity contribution in [3.63, 3.8) is 0 Å². The molecule has 1 aromatic carbocycles. The molecule has 1 aromatic rings. The van der Waals surface area contributed by atoms with Crippen LogP contribution in [-0.2, 0) is 9.59 Å². The van der Waals surface area contributed by atoms with Crippen LogP contribution in [0.15, 0.2) is 17.7 Å². The molecule has 0 fully saturated rings. The Kier molecular flexibility index (Phi) is 3.78. The fraction of sp³-hybridized carbons (Fsp3) is 0.0909. The third kappa shape index (κ3) is 2.51. The number of aliphatic carboxylic acids is 2. The summed E-state index contributed by atoms with van der Waals surface area (Å²) in [6, 6.07) is 2.49. The maximum Gasteiger partial charge on any atom is 0.343 e. The van der Waals surface area contributed by atoms with Gasteiger partial charge in [-0.05, 0) is 18.2 Å². The second kappa shape index (κ2) is 5.09. The van der Waals surface area contributed by atoms with Gasteiger partial charge in [-0.15, -0.1) is 0 Å². The number of hydrogen-bond donors (Lipinski definition) is 4. The highest BCUT2D eigenvalue weighted by molar-refractivity contribution is 6.16. The van der Waals surface area contributed by atoms with Crippen molar-refractivity contribution in [1.82, 2.24) is 0 Å². The Morgan fingerprint density at radius 3 is 2.11 bits per heavy atom. The van der Waals surface area contributed by atoms with Crippen molar-refractivity contribution in [3.8, 4) is 17.2 Å². The number of ether oxygens (including phenoxy) is 1. The van der Waals surface area contributed by atoms with E-state index in [1.165, 1.54) is 19.2 Å². The summed E-state index contributed by atoms with van der Waals surface area (Å²) in [5.41, 5.74) is -1.08. The summed E-state index contributed by atoms with van der Waals surface area (Å²) in [5, 5.41) is 36.3.